The van der Waals surface area contributed by atoms with E-state index in [9.17, 15) is 9.59 Å². The molecule has 0 atom stereocenters. The number of hydrogen-bond acceptors (Lipinski definition) is 3. The van der Waals surface area contributed by atoms with Gasteiger partial charge in [-0.1, -0.05) is 42.5 Å². The lowest BCUT2D eigenvalue weighted by atomic mass is 9.95. The first-order valence-corrected chi connectivity index (χ1v) is 10.2. The molecular formula is C25H24N2O3. The Morgan fingerprint density at radius 1 is 0.800 bits per heavy atom. The second-order valence-electron chi connectivity index (χ2n) is 7.36. The molecule has 3 aromatic rings. The molecule has 5 nitrogen and oxygen atoms in total. The van der Waals surface area contributed by atoms with E-state index in [-0.39, 0.29) is 17.7 Å². The molecular weight excluding hydrogens is 376 g/mol. The highest BCUT2D eigenvalue weighted by atomic mass is 16.5. The molecule has 0 spiro atoms. The van der Waals surface area contributed by atoms with E-state index >= 15 is 0 Å². The van der Waals surface area contributed by atoms with Crippen molar-refractivity contribution in [3.05, 3.63) is 90.5 Å². The van der Waals surface area contributed by atoms with E-state index in [1.165, 1.54) is 0 Å². The van der Waals surface area contributed by atoms with Gasteiger partial charge in [-0.25, -0.2) is 0 Å². The maximum Gasteiger partial charge on any atom is 0.253 e. The molecule has 0 bridgehead atoms. The van der Waals surface area contributed by atoms with Gasteiger partial charge < -0.3 is 15.0 Å². The van der Waals surface area contributed by atoms with E-state index in [1.54, 1.807) is 12.1 Å². The van der Waals surface area contributed by atoms with Crippen molar-refractivity contribution in [2.45, 2.75) is 12.8 Å². The number of nitrogens with one attached hydrogen (secondary N) is 1. The average molecular weight is 400 g/mol. The van der Waals surface area contributed by atoms with Crippen LogP contribution in [0.25, 0.3) is 0 Å². The van der Waals surface area contributed by atoms with Gasteiger partial charge in [0, 0.05) is 30.3 Å². The van der Waals surface area contributed by atoms with E-state index in [2.05, 4.69) is 5.32 Å². The molecule has 4 rings (SSSR count). The van der Waals surface area contributed by atoms with E-state index in [0.29, 0.717) is 37.2 Å². The number of nitrogens with zero attached hydrogens (tertiary/aromatic N) is 1. The van der Waals surface area contributed by atoms with Crippen molar-refractivity contribution in [2.75, 3.05) is 18.4 Å². The number of benzene rings is 3. The highest BCUT2D eigenvalue weighted by Crippen LogP contribution is 2.24. The first-order chi connectivity index (χ1) is 14.7. The molecule has 1 fully saturated rings. The van der Waals surface area contributed by atoms with Crippen LogP contribution >= 0.6 is 0 Å². The molecule has 0 aromatic heterocycles. The SMILES string of the molecule is O=C(Nc1ccccc1)C1CCN(C(=O)c2cccc(Oc3ccccc3)c2)CC1. The summed E-state index contributed by atoms with van der Waals surface area (Å²) in [6.07, 6.45) is 1.31. The van der Waals surface area contributed by atoms with Crippen molar-refractivity contribution in [3.8, 4) is 11.5 Å². The minimum Gasteiger partial charge on any atom is -0.457 e. The Bertz CT molecular complexity index is 997. The third kappa shape index (κ3) is 4.87. The second-order valence-corrected chi connectivity index (χ2v) is 7.36. The summed E-state index contributed by atoms with van der Waals surface area (Å²) in [5, 5.41) is 2.96. The van der Waals surface area contributed by atoms with Crippen LogP contribution in [0.2, 0.25) is 0 Å². The maximum absolute atomic E-state index is 12.9. The first-order valence-electron chi connectivity index (χ1n) is 10.2. The summed E-state index contributed by atoms with van der Waals surface area (Å²) in [5.74, 6) is 1.26. The van der Waals surface area contributed by atoms with Crippen LogP contribution in [0.4, 0.5) is 5.69 Å². The van der Waals surface area contributed by atoms with Gasteiger partial charge in [-0.15, -0.1) is 0 Å². The molecule has 1 saturated heterocycles. The van der Waals surface area contributed by atoms with Crippen LogP contribution in [0, 0.1) is 5.92 Å². The third-order valence-electron chi connectivity index (χ3n) is 5.25. The Morgan fingerprint density at radius 3 is 2.13 bits per heavy atom. The Balaban J connectivity index is 1.34. The summed E-state index contributed by atoms with van der Waals surface area (Å²) in [4.78, 5) is 27.3. The van der Waals surface area contributed by atoms with Crippen LogP contribution in [0.1, 0.15) is 23.2 Å². The Labute approximate surface area is 176 Å². The predicted octanol–water partition coefficient (Wildman–Crippen LogP) is 4.97. The molecule has 0 radical (unpaired) electrons. The van der Waals surface area contributed by atoms with Crippen LogP contribution in [0.5, 0.6) is 11.5 Å². The number of carbonyl (C=O) groups excluding carboxylic acids is 2. The fourth-order valence-corrected chi connectivity index (χ4v) is 3.61. The normalized spacial score (nSPS) is 14.2. The number of para-hydroxylation sites is 2. The zero-order valence-corrected chi connectivity index (χ0v) is 16.7. The lowest BCUT2D eigenvalue weighted by Gasteiger charge is -2.31. The number of likely N-dealkylation sites (tertiary alicyclic amines) is 1. The zero-order valence-electron chi connectivity index (χ0n) is 16.7. The van der Waals surface area contributed by atoms with Crippen LogP contribution in [-0.2, 0) is 4.79 Å². The van der Waals surface area contributed by atoms with Gasteiger partial charge in [0.2, 0.25) is 5.91 Å². The number of rotatable bonds is 5. The molecule has 1 aliphatic heterocycles. The second kappa shape index (κ2) is 9.27. The highest BCUT2D eigenvalue weighted by molar-refractivity contribution is 5.95. The molecule has 0 saturated carbocycles. The number of anilines is 1. The van der Waals surface area contributed by atoms with Crippen molar-refractivity contribution in [2.24, 2.45) is 5.92 Å². The molecule has 0 unspecified atom stereocenters. The monoisotopic (exact) mass is 400 g/mol. The molecule has 0 aliphatic carbocycles. The van der Waals surface area contributed by atoms with Gasteiger partial charge in [0.25, 0.3) is 5.91 Å². The van der Waals surface area contributed by atoms with Gasteiger partial charge >= 0.3 is 0 Å². The molecule has 30 heavy (non-hydrogen) atoms. The van der Waals surface area contributed by atoms with E-state index in [4.69, 9.17) is 4.74 Å². The fraction of sp³-hybridized carbons (Fsp3) is 0.200. The molecule has 3 aromatic carbocycles. The first kappa shape index (κ1) is 19.7. The van der Waals surface area contributed by atoms with E-state index in [0.717, 1.165) is 11.4 Å². The van der Waals surface area contributed by atoms with Crippen molar-refractivity contribution in [3.63, 3.8) is 0 Å². The minimum absolute atomic E-state index is 0.0200. The maximum atomic E-state index is 12.9. The summed E-state index contributed by atoms with van der Waals surface area (Å²) >= 11 is 0. The average Bonchev–Trinajstić information content (AvgIpc) is 2.80. The Morgan fingerprint density at radius 2 is 1.43 bits per heavy atom. The van der Waals surface area contributed by atoms with Crippen molar-refractivity contribution < 1.29 is 14.3 Å². The fourth-order valence-electron chi connectivity index (χ4n) is 3.61. The Kier molecular flexibility index (Phi) is 6.09. The van der Waals surface area contributed by atoms with Crippen molar-refractivity contribution in [1.82, 2.24) is 4.90 Å². The van der Waals surface area contributed by atoms with Crippen molar-refractivity contribution >= 4 is 17.5 Å². The standard InChI is InChI=1S/C25H24N2O3/c28-24(26-21-9-3-1-4-10-21)19-14-16-27(17-15-19)25(29)20-8-7-13-23(18-20)30-22-11-5-2-6-12-22/h1-13,18-19H,14-17H2,(H,26,28). The van der Waals surface area contributed by atoms with Gasteiger partial charge in [0.05, 0.1) is 0 Å². The number of ether oxygens (including phenoxy) is 1. The minimum atomic E-state index is -0.0815. The van der Waals surface area contributed by atoms with Gasteiger partial charge in [-0.3, -0.25) is 9.59 Å². The molecule has 5 heteroatoms. The summed E-state index contributed by atoms with van der Waals surface area (Å²) in [6.45, 7) is 1.13. The lowest BCUT2D eigenvalue weighted by Crippen LogP contribution is -2.41. The van der Waals surface area contributed by atoms with Crippen LogP contribution < -0.4 is 10.1 Å². The summed E-state index contributed by atoms with van der Waals surface area (Å²) in [6, 6.07) is 26.2. The van der Waals surface area contributed by atoms with Crippen LogP contribution in [0.3, 0.4) is 0 Å². The third-order valence-corrected chi connectivity index (χ3v) is 5.25. The largest absolute Gasteiger partial charge is 0.457 e. The highest BCUT2D eigenvalue weighted by Gasteiger charge is 2.28. The van der Waals surface area contributed by atoms with Gasteiger partial charge in [-0.05, 0) is 55.3 Å². The zero-order chi connectivity index (χ0) is 20.8. The molecule has 1 aliphatic rings. The molecule has 1 N–H and O–H groups in total. The van der Waals surface area contributed by atoms with Crippen molar-refractivity contribution in [1.29, 1.82) is 0 Å². The lowest BCUT2D eigenvalue weighted by molar-refractivity contribution is -0.121. The smallest absolute Gasteiger partial charge is 0.253 e. The molecule has 1 heterocycles. The van der Waals surface area contributed by atoms with Gasteiger partial charge in [-0.2, -0.15) is 0 Å². The number of carbonyl (C=O) groups is 2. The van der Waals surface area contributed by atoms with Crippen LogP contribution in [-0.4, -0.2) is 29.8 Å². The summed E-state index contributed by atoms with van der Waals surface area (Å²) in [5.41, 5.74) is 1.40. The molecule has 2 amide bonds. The van der Waals surface area contributed by atoms with Gasteiger partial charge in [0.1, 0.15) is 11.5 Å². The summed E-state index contributed by atoms with van der Waals surface area (Å²) < 4.78 is 5.84. The Hall–Kier alpha value is -3.60. The number of hydrogen-bond donors (Lipinski definition) is 1. The van der Waals surface area contributed by atoms with Crippen LogP contribution in [0.15, 0.2) is 84.9 Å². The quantitative estimate of drug-likeness (QED) is 0.658. The topological polar surface area (TPSA) is 58.6 Å². The van der Waals surface area contributed by atoms with E-state index < -0.39 is 0 Å². The molecule has 152 valence electrons. The number of piperidine rings is 1. The summed E-state index contributed by atoms with van der Waals surface area (Å²) in [7, 11) is 0. The number of amides is 2. The van der Waals surface area contributed by atoms with E-state index in [1.807, 2.05) is 77.7 Å². The van der Waals surface area contributed by atoms with Gasteiger partial charge in [0.15, 0.2) is 0 Å². The predicted molar refractivity (Wildman–Crippen MR) is 117 cm³/mol.